The van der Waals surface area contributed by atoms with E-state index >= 15 is 0 Å². The Balaban J connectivity index is 1.59. The number of rotatable bonds is 4. The maximum Gasteiger partial charge on any atom is 0.246 e. The molecule has 0 atom stereocenters. The number of aryl methyl sites for hydroxylation is 1. The van der Waals surface area contributed by atoms with Gasteiger partial charge in [0, 0.05) is 38.3 Å². The highest BCUT2D eigenvalue weighted by molar-refractivity contribution is 5.91. The number of nitrogens with zero attached hydrogens (tertiary/aromatic N) is 4. The minimum absolute atomic E-state index is 0.0116. The fraction of sp³-hybridized carbons (Fsp3) is 0.353. The first-order valence-electron chi connectivity index (χ1n) is 7.81. The van der Waals surface area contributed by atoms with Crippen LogP contribution in [0, 0.1) is 6.92 Å². The van der Waals surface area contributed by atoms with Crippen LogP contribution in [0.25, 0.3) is 6.08 Å². The molecule has 3 heterocycles. The van der Waals surface area contributed by atoms with Crippen molar-refractivity contribution < 1.29 is 13.9 Å². The van der Waals surface area contributed by atoms with Crippen molar-refractivity contribution in [3.63, 3.8) is 0 Å². The van der Waals surface area contributed by atoms with Crippen LogP contribution in [-0.2, 0) is 4.79 Å². The minimum atomic E-state index is -0.0116. The SMILES string of the molecule is COc1cc(N2CCN(C(=O)C=Cc3ccco3)CC2)nc(C)n1. The van der Waals surface area contributed by atoms with Crippen molar-refractivity contribution in [3.05, 3.63) is 42.1 Å². The second kappa shape index (κ2) is 7.16. The molecule has 1 fully saturated rings. The number of anilines is 1. The quantitative estimate of drug-likeness (QED) is 0.796. The molecular weight excluding hydrogens is 308 g/mol. The van der Waals surface area contributed by atoms with Gasteiger partial charge >= 0.3 is 0 Å². The summed E-state index contributed by atoms with van der Waals surface area (Å²) < 4.78 is 10.4. The van der Waals surface area contributed by atoms with Gasteiger partial charge in [0.25, 0.3) is 0 Å². The van der Waals surface area contributed by atoms with Gasteiger partial charge in [-0.2, -0.15) is 4.98 Å². The van der Waals surface area contributed by atoms with Crippen molar-refractivity contribution in [1.29, 1.82) is 0 Å². The second-order valence-corrected chi connectivity index (χ2v) is 5.48. The summed E-state index contributed by atoms with van der Waals surface area (Å²) in [6.45, 7) is 4.57. The minimum Gasteiger partial charge on any atom is -0.481 e. The Kier molecular flexibility index (Phi) is 4.79. The van der Waals surface area contributed by atoms with Crippen LogP contribution in [0.5, 0.6) is 5.88 Å². The number of piperazine rings is 1. The van der Waals surface area contributed by atoms with E-state index in [2.05, 4.69) is 14.9 Å². The molecule has 0 N–H and O–H groups in total. The third-order valence-corrected chi connectivity index (χ3v) is 3.86. The zero-order valence-corrected chi connectivity index (χ0v) is 13.8. The maximum atomic E-state index is 12.2. The highest BCUT2D eigenvalue weighted by Gasteiger charge is 2.21. The molecule has 0 radical (unpaired) electrons. The van der Waals surface area contributed by atoms with Crippen LogP contribution in [0.15, 0.2) is 35.0 Å². The number of methoxy groups -OCH3 is 1. The molecule has 0 saturated carbocycles. The first-order chi connectivity index (χ1) is 11.7. The lowest BCUT2D eigenvalue weighted by Gasteiger charge is -2.35. The molecule has 1 aliphatic heterocycles. The number of hydrogen-bond donors (Lipinski definition) is 0. The van der Waals surface area contributed by atoms with E-state index < -0.39 is 0 Å². The van der Waals surface area contributed by atoms with Crippen molar-refractivity contribution in [2.75, 3.05) is 38.2 Å². The van der Waals surface area contributed by atoms with Gasteiger partial charge in [-0.15, -0.1) is 0 Å². The molecule has 0 spiro atoms. The number of hydrogen-bond acceptors (Lipinski definition) is 6. The molecule has 0 unspecified atom stereocenters. The van der Waals surface area contributed by atoms with E-state index in [9.17, 15) is 4.79 Å². The molecule has 24 heavy (non-hydrogen) atoms. The predicted molar refractivity (Wildman–Crippen MR) is 89.9 cm³/mol. The molecule has 3 rings (SSSR count). The van der Waals surface area contributed by atoms with Crippen molar-refractivity contribution in [2.24, 2.45) is 0 Å². The fourth-order valence-corrected chi connectivity index (χ4v) is 2.59. The average molecular weight is 328 g/mol. The Bertz CT molecular complexity index is 719. The smallest absolute Gasteiger partial charge is 0.246 e. The Morgan fingerprint density at radius 2 is 2.08 bits per heavy atom. The van der Waals surface area contributed by atoms with E-state index in [1.807, 2.05) is 24.0 Å². The summed E-state index contributed by atoms with van der Waals surface area (Å²) in [5.74, 6) is 2.72. The molecule has 0 aliphatic carbocycles. The van der Waals surface area contributed by atoms with E-state index in [4.69, 9.17) is 9.15 Å². The molecule has 7 heteroatoms. The number of carbonyl (C=O) groups excluding carboxylic acids is 1. The lowest BCUT2D eigenvalue weighted by atomic mass is 10.3. The maximum absolute atomic E-state index is 12.2. The number of aromatic nitrogens is 2. The zero-order valence-electron chi connectivity index (χ0n) is 13.8. The summed E-state index contributed by atoms with van der Waals surface area (Å²) in [6.07, 6.45) is 4.82. The Hall–Kier alpha value is -2.83. The zero-order chi connectivity index (χ0) is 16.9. The number of furan rings is 1. The van der Waals surface area contributed by atoms with Gasteiger partial charge in [-0.25, -0.2) is 4.98 Å². The highest BCUT2D eigenvalue weighted by atomic mass is 16.5. The van der Waals surface area contributed by atoms with E-state index in [1.165, 1.54) is 0 Å². The van der Waals surface area contributed by atoms with E-state index in [0.29, 0.717) is 30.6 Å². The fourth-order valence-electron chi connectivity index (χ4n) is 2.59. The summed E-state index contributed by atoms with van der Waals surface area (Å²) in [5, 5.41) is 0. The first kappa shape index (κ1) is 16.0. The van der Waals surface area contributed by atoms with E-state index in [1.54, 1.807) is 31.6 Å². The largest absolute Gasteiger partial charge is 0.481 e. The molecule has 2 aromatic heterocycles. The van der Waals surface area contributed by atoms with E-state index in [0.717, 1.165) is 18.9 Å². The Morgan fingerprint density at radius 1 is 1.29 bits per heavy atom. The summed E-state index contributed by atoms with van der Waals surface area (Å²) in [5.41, 5.74) is 0. The molecule has 1 saturated heterocycles. The molecule has 0 bridgehead atoms. The predicted octanol–water partition coefficient (Wildman–Crippen LogP) is 1.75. The third kappa shape index (κ3) is 3.73. The molecular formula is C17H20N4O3. The van der Waals surface area contributed by atoms with Crippen molar-refractivity contribution in [1.82, 2.24) is 14.9 Å². The normalized spacial score (nSPS) is 15.1. The topological polar surface area (TPSA) is 71.7 Å². The summed E-state index contributed by atoms with van der Waals surface area (Å²) >= 11 is 0. The van der Waals surface area contributed by atoms with E-state index in [-0.39, 0.29) is 5.91 Å². The number of amides is 1. The lowest BCUT2D eigenvalue weighted by Crippen LogP contribution is -2.48. The van der Waals surface area contributed by atoms with Gasteiger partial charge in [-0.3, -0.25) is 4.79 Å². The van der Waals surface area contributed by atoms with Crippen LogP contribution in [0.3, 0.4) is 0 Å². The van der Waals surface area contributed by atoms with Gasteiger partial charge in [-0.05, 0) is 25.1 Å². The number of ether oxygens (including phenoxy) is 1. The van der Waals surface area contributed by atoms with Crippen LogP contribution in [-0.4, -0.2) is 54.1 Å². The summed E-state index contributed by atoms with van der Waals surface area (Å²) in [6, 6.07) is 5.43. The van der Waals surface area contributed by atoms with Gasteiger partial charge in [-0.1, -0.05) is 0 Å². The summed E-state index contributed by atoms with van der Waals surface area (Å²) in [7, 11) is 1.59. The Morgan fingerprint density at radius 3 is 2.75 bits per heavy atom. The monoisotopic (exact) mass is 328 g/mol. The first-order valence-corrected chi connectivity index (χ1v) is 7.81. The van der Waals surface area contributed by atoms with Crippen LogP contribution in [0.4, 0.5) is 5.82 Å². The molecule has 0 aromatic carbocycles. The van der Waals surface area contributed by atoms with Gasteiger partial charge in [0.05, 0.1) is 13.4 Å². The Labute approximate surface area is 140 Å². The molecule has 1 amide bonds. The molecule has 126 valence electrons. The van der Waals surface area contributed by atoms with Crippen molar-refractivity contribution >= 4 is 17.8 Å². The number of carbonyl (C=O) groups is 1. The second-order valence-electron chi connectivity index (χ2n) is 5.48. The van der Waals surface area contributed by atoms with Gasteiger partial charge < -0.3 is 19.0 Å². The molecule has 7 nitrogen and oxygen atoms in total. The average Bonchev–Trinajstić information content (AvgIpc) is 3.12. The highest BCUT2D eigenvalue weighted by Crippen LogP contribution is 2.19. The molecule has 2 aromatic rings. The third-order valence-electron chi connectivity index (χ3n) is 3.86. The van der Waals surface area contributed by atoms with Crippen LogP contribution < -0.4 is 9.64 Å². The van der Waals surface area contributed by atoms with Crippen LogP contribution >= 0.6 is 0 Å². The van der Waals surface area contributed by atoms with Gasteiger partial charge in [0.2, 0.25) is 11.8 Å². The van der Waals surface area contributed by atoms with Crippen molar-refractivity contribution in [3.8, 4) is 5.88 Å². The van der Waals surface area contributed by atoms with Crippen LogP contribution in [0.2, 0.25) is 0 Å². The van der Waals surface area contributed by atoms with Crippen molar-refractivity contribution in [2.45, 2.75) is 6.92 Å². The molecule has 1 aliphatic rings. The standard InChI is InChI=1S/C17H20N4O3/c1-13-18-15(12-16(19-13)23-2)20-7-9-21(10-8-20)17(22)6-5-14-4-3-11-24-14/h3-6,11-12H,7-10H2,1-2H3. The lowest BCUT2D eigenvalue weighted by molar-refractivity contribution is -0.126. The van der Waals surface area contributed by atoms with Crippen LogP contribution in [0.1, 0.15) is 11.6 Å². The van der Waals surface area contributed by atoms with Gasteiger partial charge in [0.1, 0.15) is 17.4 Å². The van der Waals surface area contributed by atoms with Gasteiger partial charge in [0.15, 0.2) is 0 Å². The summed E-state index contributed by atoms with van der Waals surface area (Å²) in [4.78, 5) is 24.8.